The van der Waals surface area contributed by atoms with Gasteiger partial charge in [-0.1, -0.05) is 11.3 Å². The highest BCUT2D eigenvalue weighted by atomic mass is 35.5. The summed E-state index contributed by atoms with van der Waals surface area (Å²) in [6.07, 6.45) is 2.78. The number of non-ortho nitro benzene ring substituents is 1. The van der Waals surface area contributed by atoms with Crippen LogP contribution < -0.4 is 4.90 Å². The van der Waals surface area contributed by atoms with E-state index in [1.54, 1.807) is 22.7 Å². The molecule has 0 aliphatic heterocycles. The predicted molar refractivity (Wildman–Crippen MR) is 127 cm³/mol. The zero-order chi connectivity index (χ0) is 21.0. The van der Waals surface area contributed by atoms with Crippen molar-refractivity contribution in [1.82, 2.24) is 9.88 Å². The van der Waals surface area contributed by atoms with Gasteiger partial charge in [0.1, 0.15) is 0 Å². The minimum absolute atomic E-state index is 0. The Morgan fingerprint density at radius 2 is 1.87 bits per heavy atom. The standard InChI is InChI=1S/C20H22N4O3S2.ClH/c1-22(2)11-4-12-23(19(25)14-5-8-16(28-3)9-6-14)20-21-17-10-7-15(24(26)27)13-18(17)29-20;/h5-10,13H,4,11-12H2,1-3H3;1H. The van der Waals surface area contributed by atoms with Crippen LogP contribution in [-0.2, 0) is 0 Å². The van der Waals surface area contributed by atoms with Gasteiger partial charge in [-0.2, -0.15) is 0 Å². The van der Waals surface area contributed by atoms with E-state index in [0.29, 0.717) is 27.5 Å². The molecule has 1 aromatic heterocycles. The van der Waals surface area contributed by atoms with E-state index in [4.69, 9.17) is 0 Å². The number of anilines is 1. The van der Waals surface area contributed by atoms with Gasteiger partial charge >= 0.3 is 0 Å². The van der Waals surface area contributed by atoms with Crippen LogP contribution in [0.1, 0.15) is 16.8 Å². The van der Waals surface area contributed by atoms with Gasteiger partial charge in [0.05, 0.1) is 15.1 Å². The molecule has 0 fully saturated rings. The minimum atomic E-state index is -0.424. The maximum atomic E-state index is 13.2. The lowest BCUT2D eigenvalue weighted by Crippen LogP contribution is -2.33. The zero-order valence-electron chi connectivity index (χ0n) is 16.9. The second-order valence-corrected chi connectivity index (χ2v) is 8.64. The molecule has 2 aromatic carbocycles. The smallest absolute Gasteiger partial charge is 0.270 e. The Morgan fingerprint density at radius 3 is 2.47 bits per heavy atom. The van der Waals surface area contributed by atoms with Gasteiger partial charge in [0, 0.05) is 29.1 Å². The Morgan fingerprint density at radius 1 is 1.17 bits per heavy atom. The third kappa shape index (κ3) is 5.69. The van der Waals surface area contributed by atoms with Crippen molar-refractivity contribution in [2.24, 2.45) is 0 Å². The molecule has 0 aliphatic carbocycles. The van der Waals surface area contributed by atoms with Crippen LogP contribution in [0, 0.1) is 10.1 Å². The van der Waals surface area contributed by atoms with Gasteiger partial charge in [-0.15, -0.1) is 24.2 Å². The highest BCUT2D eigenvalue weighted by Gasteiger charge is 2.22. The normalized spacial score (nSPS) is 10.8. The van der Waals surface area contributed by atoms with Gasteiger partial charge in [-0.3, -0.25) is 19.8 Å². The van der Waals surface area contributed by atoms with Crippen molar-refractivity contribution in [1.29, 1.82) is 0 Å². The number of fused-ring (bicyclic) bond motifs is 1. The van der Waals surface area contributed by atoms with E-state index < -0.39 is 4.92 Å². The van der Waals surface area contributed by atoms with Crippen LogP contribution in [0.4, 0.5) is 10.8 Å². The Labute approximate surface area is 189 Å². The van der Waals surface area contributed by atoms with Crippen molar-refractivity contribution in [3.63, 3.8) is 0 Å². The number of rotatable bonds is 8. The topological polar surface area (TPSA) is 79.6 Å². The Balaban J connectivity index is 0.00000320. The Kier molecular flexibility index (Phi) is 8.60. The van der Waals surface area contributed by atoms with Crippen LogP contribution in [-0.4, -0.2) is 54.2 Å². The molecule has 0 saturated carbocycles. The summed E-state index contributed by atoms with van der Waals surface area (Å²) in [4.78, 5) is 33.3. The molecule has 7 nitrogen and oxygen atoms in total. The zero-order valence-corrected chi connectivity index (χ0v) is 19.4. The molecule has 0 atom stereocenters. The predicted octanol–water partition coefficient (Wildman–Crippen LogP) is 4.95. The molecule has 0 radical (unpaired) electrons. The fourth-order valence-electron chi connectivity index (χ4n) is 2.85. The van der Waals surface area contributed by atoms with Crippen molar-refractivity contribution in [2.45, 2.75) is 11.3 Å². The second kappa shape index (κ2) is 10.7. The quantitative estimate of drug-likeness (QED) is 0.265. The van der Waals surface area contributed by atoms with Crippen LogP contribution in [0.25, 0.3) is 10.2 Å². The number of hydrogen-bond donors (Lipinski definition) is 0. The van der Waals surface area contributed by atoms with Crippen molar-refractivity contribution < 1.29 is 9.72 Å². The summed E-state index contributed by atoms with van der Waals surface area (Å²) in [5.74, 6) is -0.120. The van der Waals surface area contributed by atoms with E-state index in [2.05, 4.69) is 9.88 Å². The molecular formula is C20H23ClN4O3S2. The molecule has 3 aromatic rings. The number of nitro benzene ring substituents is 1. The largest absolute Gasteiger partial charge is 0.309 e. The van der Waals surface area contributed by atoms with Crippen molar-refractivity contribution in [3.8, 4) is 0 Å². The molecule has 1 amide bonds. The van der Waals surface area contributed by atoms with Gasteiger partial charge in [0.15, 0.2) is 5.13 Å². The van der Waals surface area contributed by atoms with E-state index in [1.807, 2.05) is 44.6 Å². The fourth-order valence-corrected chi connectivity index (χ4v) is 4.28. The molecule has 0 unspecified atom stereocenters. The molecule has 1 heterocycles. The monoisotopic (exact) mass is 466 g/mol. The number of carbonyl (C=O) groups excluding carboxylic acids is 1. The lowest BCUT2D eigenvalue weighted by Gasteiger charge is -2.21. The molecule has 0 bridgehead atoms. The maximum absolute atomic E-state index is 13.2. The molecule has 0 spiro atoms. The van der Waals surface area contributed by atoms with E-state index in [0.717, 1.165) is 17.9 Å². The average Bonchev–Trinajstić information content (AvgIpc) is 3.13. The first-order chi connectivity index (χ1) is 13.9. The molecule has 3 rings (SSSR count). The van der Waals surface area contributed by atoms with Crippen LogP contribution in [0.5, 0.6) is 0 Å². The number of thioether (sulfide) groups is 1. The number of benzene rings is 2. The summed E-state index contributed by atoms with van der Waals surface area (Å²) < 4.78 is 0.692. The first-order valence-corrected chi connectivity index (χ1v) is 11.1. The first kappa shape index (κ1) is 24.1. The van der Waals surface area contributed by atoms with Crippen LogP contribution >= 0.6 is 35.5 Å². The summed E-state index contributed by atoms with van der Waals surface area (Å²) in [5, 5.41) is 11.6. The average molecular weight is 467 g/mol. The van der Waals surface area contributed by atoms with Gasteiger partial charge in [-0.25, -0.2) is 4.98 Å². The SMILES string of the molecule is CSc1ccc(C(=O)N(CCCN(C)C)c2nc3ccc([N+](=O)[O-])cc3s2)cc1.Cl. The van der Waals surface area contributed by atoms with E-state index >= 15 is 0 Å². The summed E-state index contributed by atoms with van der Waals surface area (Å²) >= 11 is 2.92. The number of thiazole rings is 1. The van der Waals surface area contributed by atoms with Gasteiger partial charge in [0.25, 0.3) is 11.6 Å². The minimum Gasteiger partial charge on any atom is -0.309 e. The summed E-state index contributed by atoms with van der Waals surface area (Å²) in [6, 6.07) is 12.1. The summed E-state index contributed by atoms with van der Waals surface area (Å²) in [6.45, 7) is 1.36. The Hall–Kier alpha value is -2.20. The molecule has 0 N–H and O–H groups in total. The van der Waals surface area contributed by atoms with Gasteiger partial charge in [0.2, 0.25) is 0 Å². The van der Waals surface area contributed by atoms with Gasteiger partial charge in [-0.05, 0) is 63.6 Å². The molecule has 0 aliphatic rings. The molecule has 10 heteroatoms. The highest BCUT2D eigenvalue weighted by molar-refractivity contribution is 7.98. The number of halogens is 1. The summed E-state index contributed by atoms with van der Waals surface area (Å²) in [5.41, 5.74) is 1.27. The second-order valence-electron chi connectivity index (χ2n) is 6.75. The van der Waals surface area contributed by atoms with Crippen molar-refractivity contribution >= 4 is 62.4 Å². The third-order valence-corrected chi connectivity index (χ3v) is 6.16. The molecule has 0 saturated heterocycles. The van der Waals surface area contributed by atoms with E-state index in [-0.39, 0.29) is 24.0 Å². The number of nitrogens with zero attached hydrogens (tertiary/aromatic N) is 4. The maximum Gasteiger partial charge on any atom is 0.270 e. The van der Waals surface area contributed by atoms with E-state index in [1.165, 1.54) is 23.5 Å². The van der Waals surface area contributed by atoms with E-state index in [9.17, 15) is 14.9 Å². The summed E-state index contributed by atoms with van der Waals surface area (Å²) in [7, 11) is 3.98. The number of carbonyl (C=O) groups is 1. The highest BCUT2D eigenvalue weighted by Crippen LogP contribution is 2.32. The van der Waals surface area contributed by atoms with Crippen LogP contribution in [0.2, 0.25) is 0 Å². The number of aromatic nitrogens is 1. The van der Waals surface area contributed by atoms with Crippen molar-refractivity contribution in [3.05, 3.63) is 58.1 Å². The van der Waals surface area contributed by atoms with Crippen LogP contribution in [0.3, 0.4) is 0 Å². The van der Waals surface area contributed by atoms with Crippen molar-refractivity contribution in [2.75, 3.05) is 38.3 Å². The molecule has 30 heavy (non-hydrogen) atoms. The fraction of sp³-hybridized carbons (Fsp3) is 0.300. The van der Waals surface area contributed by atoms with Gasteiger partial charge < -0.3 is 4.90 Å². The number of nitro groups is 1. The molecular weight excluding hydrogens is 444 g/mol. The third-order valence-electron chi connectivity index (χ3n) is 4.37. The van der Waals surface area contributed by atoms with Crippen LogP contribution in [0.15, 0.2) is 47.4 Å². The molecule has 160 valence electrons. The lowest BCUT2D eigenvalue weighted by atomic mass is 10.2. The first-order valence-electron chi connectivity index (χ1n) is 9.04. The number of amides is 1. The lowest BCUT2D eigenvalue weighted by molar-refractivity contribution is -0.384. The Bertz CT molecular complexity index is 1020. The number of hydrogen-bond acceptors (Lipinski definition) is 7.